The summed E-state index contributed by atoms with van der Waals surface area (Å²) in [6.45, 7) is 0.844. The Balaban J connectivity index is 2.64. The predicted octanol–water partition coefficient (Wildman–Crippen LogP) is -0.580. The zero-order valence-corrected chi connectivity index (χ0v) is 7.91. The molecule has 0 radical (unpaired) electrons. The fraction of sp³-hybridized carbons (Fsp3) is 0.875. The van der Waals surface area contributed by atoms with Gasteiger partial charge >= 0.3 is 5.92 Å². The van der Waals surface area contributed by atoms with E-state index in [9.17, 15) is 18.7 Å². The third-order valence-corrected chi connectivity index (χ3v) is 2.43. The minimum Gasteiger partial charge on any atom is -0.391 e. The summed E-state index contributed by atoms with van der Waals surface area (Å²) in [5.74, 6) is -4.96. The highest BCUT2D eigenvalue weighted by atomic mass is 19.3. The third-order valence-electron chi connectivity index (χ3n) is 2.43. The first-order valence-electron chi connectivity index (χ1n) is 4.44. The molecule has 0 aromatic rings. The zero-order valence-electron chi connectivity index (χ0n) is 7.91. The Morgan fingerprint density at radius 1 is 1.64 bits per heavy atom. The number of halogens is 2. The summed E-state index contributed by atoms with van der Waals surface area (Å²) in [4.78, 5) is 12.1. The van der Waals surface area contributed by atoms with Crippen molar-refractivity contribution < 1.29 is 18.7 Å². The van der Waals surface area contributed by atoms with E-state index in [1.165, 1.54) is 0 Å². The van der Waals surface area contributed by atoms with E-state index >= 15 is 0 Å². The number of amides is 1. The molecule has 6 heteroatoms. The average Bonchev–Trinajstić information content (AvgIpc) is 2.45. The van der Waals surface area contributed by atoms with Crippen molar-refractivity contribution in [3.05, 3.63) is 0 Å². The van der Waals surface area contributed by atoms with Crippen molar-refractivity contribution in [3.63, 3.8) is 0 Å². The molecule has 0 aliphatic carbocycles. The van der Waals surface area contributed by atoms with Gasteiger partial charge in [0.2, 0.25) is 0 Å². The number of carbonyl (C=O) groups excluding carboxylic acids is 1. The van der Waals surface area contributed by atoms with Gasteiger partial charge in [-0.05, 0) is 0 Å². The maximum Gasteiger partial charge on any atom is 0.336 e. The number of hydrogen-bond donors (Lipinski definition) is 2. The largest absolute Gasteiger partial charge is 0.391 e. The molecule has 82 valence electrons. The van der Waals surface area contributed by atoms with Gasteiger partial charge in [-0.25, -0.2) is 0 Å². The first-order valence-corrected chi connectivity index (χ1v) is 4.44. The smallest absolute Gasteiger partial charge is 0.336 e. The number of β-amino-alcohol motifs (C(OH)–C–C–N with tert-alkyl or cyclic N) is 1. The average molecular weight is 208 g/mol. The predicted molar refractivity (Wildman–Crippen MR) is 45.8 cm³/mol. The summed E-state index contributed by atoms with van der Waals surface area (Å²) in [6.07, 6.45) is -0.715. The van der Waals surface area contributed by atoms with Gasteiger partial charge in [0.1, 0.15) is 0 Å². The van der Waals surface area contributed by atoms with E-state index in [1.54, 1.807) is 6.92 Å². The third kappa shape index (κ3) is 2.01. The molecular formula is C8H14F2N2O2. The van der Waals surface area contributed by atoms with E-state index in [4.69, 9.17) is 5.73 Å². The molecule has 14 heavy (non-hydrogen) atoms. The van der Waals surface area contributed by atoms with Gasteiger partial charge in [-0.15, -0.1) is 0 Å². The summed E-state index contributed by atoms with van der Waals surface area (Å²) >= 11 is 0. The van der Waals surface area contributed by atoms with Crippen LogP contribution in [0.15, 0.2) is 0 Å². The minimum atomic E-state index is -3.51. The van der Waals surface area contributed by atoms with Crippen LogP contribution in [0.4, 0.5) is 8.78 Å². The van der Waals surface area contributed by atoms with Crippen molar-refractivity contribution in [1.29, 1.82) is 0 Å². The summed E-state index contributed by atoms with van der Waals surface area (Å²) in [5, 5.41) is 9.29. The highest BCUT2D eigenvalue weighted by molar-refractivity contribution is 5.84. The molecule has 1 aliphatic heterocycles. The summed E-state index contributed by atoms with van der Waals surface area (Å²) in [6, 6.07) is 0. The van der Waals surface area contributed by atoms with Gasteiger partial charge in [-0.3, -0.25) is 4.79 Å². The number of likely N-dealkylation sites (tertiary alicyclic amines) is 1. The van der Waals surface area contributed by atoms with Gasteiger partial charge in [-0.1, -0.05) is 6.92 Å². The van der Waals surface area contributed by atoms with Crippen molar-refractivity contribution in [1.82, 2.24) is 4.90 Å². The molecule has 2 unspecified atom stereocenters. The van der Waals surface area contributed by atoms with Gasteiger partial charge in [0.05, 0.1) is 12.6 Å². The number of nitrogens with two attached hydrogens (primary N) is 1. The lowest BCUT2D eigenvalue weighted by atomic mass is 10.1. The lowest BCUT2D eigenvalue weighted by Crippen LogP contribution is -2.47. The Hall–Kier alpha value is -0.750. The van der Waals surface area contributed by atoms with Crippen molar-refractivity contribution in [3.8, 4) is 0 Å². The molecule has 0 bridgehead atoms. The second kappa shape index (κ2) is 3.78. The lowest BCUT2D eigenvalue weighted by Gasteiger charge is -2.21. The highest BCUT2D eigenvalue weighted by Crippen LogP contribution is 2.22. The Bertz CT molecular complexity index is 225. The van der Waals surface area contributed by atoms with Crippen LogP contribution in [0.3, 0.4) is 0 Å². The Kier molecular flexibility index (Phi) is 3.06. The van der Waals surface area contributed by atoms with Crippen LogP contribution >= 0.6 is 0 Å². The molecule has 4 nitrogen and oxygen atoms in total. The number of alkyl halides is 2. The van der Waals surface area contributed by atoms with Gasteiger partial charge in [0.25, 0.3) is 5.91 Å². The van der Waals surface area contributed by atoms with E-state index in [-0.39, 0.29) is 19.0 Å². The van der Waals surface area contributed by atoms with E-state index in [2.05, 4.69) is 0 Å². The lowest BCUT2D eigenvalue weighted by molar-refractivity contribution is -0.155. The van der Waals surface area contributed by atoms with Crippen LogP contribution < -0.4 is 5.73 Å². The molecule has 0 spiro atoms. The molecule has 1 fully saturated rings. The number of rotatable bonds is 2. The molecule has 3 N–H and O–H groups in total. The molecule has 1 rings (SSSR count). The SMILES string of the molecule is CC1CN(C(=O)C(F)(F)CN)CC1O. The molecule has 1 heterocycles. The Morgan fingerprint density at radius 2 is 2.21 bits per heavy atom. The van der Waals surface area contributed by atoms with Gasteiger partial charge < -0.3 is 15.7 Å². The topological polar surface area (TPSA) is 66.6 Å². The molecule has 0 saturated carbocycles. The second-order valence-electron chi connectivity index (χ2n) is 3.66. The molecule has 0 aromatic heterocycles. The van der Waals surface area contributed by atoms with Crippen LogP contribution in [-0.4, -0.2) is 47.6 Å². The van der Waals surface area contributed by atoms with E-state index < -0.39 is 24.5 Å². The normalized spacial score (nSPS) is 28.2. The Labute approximate surface area is 80.7 Å². The van der Waals surface area contributed by atoms with Crippen LogP contribution in [0, 0.1) is 5.92 Å². The minimum absolute atomic E-state index is 0.0322. The Morgan fingerprint density at radius 3 is 2.57 bits per heavy atom. The molecule has 0 aromatic carbocycles. The van der Waals surface area contributed by atoms with Crippen LogP contribution in [0.1, 0.15) is 6.92 Å². The van der Waals surface area contributed by atoms with Crippen LogP contribution in [-0.2, 0) is 4.79 Å². The van der Waals surface area contributed by atoms with Gasteiger partial charge in [0, 0.05) is 19.0 Å². The molecule has 1 aliphatic rings. The summed E-state index contributed by atoms with van der Waals surface area (Å²) in [5.41, 5.74) is 4.78. The second-order valence-corrected chi connectivity index (χ2v) is 3.66. The number of aliphatic hydroxyl groups is 1. The number of carbonyl (C=O) groups is 1. The van der Waals surface area contributed by atoms with Crippen molar-refractivity contribution >= 4 is 5.91 Å². The van der Waals surface area contributed by atoms with E-state index in [0.717, 1.165) is 4.90 Å². The molecule has 1 saturated heterocycles. The molecular weight excluding hydrogens is 194 g/mol. The van der Waals surface area contributed by atoms with Crippen molar-refractivity contribution in [2.75, 3.05) is 19.6 Å². The summed E-state index contributed by atoms with van der Waals surface area (Å²) in [7, 11) is 0. The standard InChI is InChI=1S/C8H14F2N2O2/c1-5-2-12(3-6(5)13)7(14)8(9,10)4-11/h5-6,13H,2-4,11H2,1H3. The van der Waals surface area contributed by atoms with E-state index in [0.29, 0.717) is 0 Å². The fourth-order valence-corrected chi connectivity index (χ4v) is 1.43. The highest BCUT2D eigenvalue weighted by Gasteiger charge is 2.44. The maximum absolute atomic E-state index is 12.9. The van der Waals surface area contributed by atoms with Crippen molar-refractivity contribution in [2.24, 2.45) is 11.7 Å². The first kappa shape index (κ1) is 11.3. The zero-order chi connectivity index (χ0) is 10.9. The maximum atomic E-state index is 12.9. The monoisotopic (exact) mass is 208 g/mol. The van der Waals surface area contributed by atoms with Gasteiger partial charge in [-0.2, -0.15) is 8.78 Å². The number of aliphatic hydroxyl groups excluding tert-OH is 1. The number of hydrogen-bond acceptors (Lipinski definition) is 3. The van der Waals surface area contributed by atoms with Crippen molar-refractivity contribution in [2.45, 2.75) is 19.0 Å². The quantitative estimate of drug-likeness (QED) is 0.638. The summed E-state index contributed by atoms with van der Waals surface area (Å²) < 4.78 is 25.7. The van der Waals surface area contributed by atoms with Crippen LogP contribution in [0.25, 0.3) is 0 Å². The van der Waals surface area contributed by atoms with E-state index in [1.807, 2.05) is 0 Å². The van der Waals surface area contributed by atoms with Crippen LogP contribution in [0.5, 0.6) is 0 Å². The number of nitrogens with zero attached hydrogens (tertiary/aromatic N) is 1. The fourth-order valence-electron chi connectivity index (χ4n) is 1.43. The van der Waals surface area contributed by atoms with Gasteiger partial charge in [0.15, 0.2) is 0 Å². The molecule has 1 amide bonds. The first-order chi connectivity index (χ1) is 6.38. The molecule has 2 atom stereocenters. The van der Waals surface area contributed by atoms with Crippen LogP contribution in [0.2, 0.25) is 0 Å².